The summed E-state index contributed by atoms with van der Waals surface area (Å²) in [5.41, 5.74) is 2.47. The van der Waals surface area contributed by atoms with Gasteiger partial charge in [-0.1, -0.05) is 49.2 Å². The molecular formula is C32H39Cl2N3O6S. The molecule has 0 radical (unpaired) electrons. The lowest BCUT2D eigenvalue weighted by Gasteiger charge is -2.32. The third-order valence-corrected chi connectivity index (χ3v) is 9.28. The number of carbonyl (C=O) groups is 2. The highest BCUT2D eigenvalue weighted by Gasteiger charge is 2.33. The molecule has 3 aromatic rings. The van der Waals surface area contributed by atoms with Gasteiger partial charge >= 0.3 is 0 Å². The van der Waals surface area contributed by atoms with Crippen LogP contribution in [0.4, 0.5) is 5.69 Å². The first kappa shape index (κ1) is 35.0. The fourth-order valence-corrected chi connectivity index (χ4v) is 6.48. The molecule has 0 fully saturated rings. The summed E-state index contributed by atoms with van der Waals surface area (Å²) in [6, 6.07) is 13.4. The van der Waals surface area contributed by atoms with E-state index < -0.39 is 28.5 Å². The fraction of sp³-hybridized carbons (Fsp3) is 0.375. The smallest absolute Gasteiger partial charge is 0.264 e. The number of methoxy groups -OCH3 is 2. The number of aryl methyl sites for hydroxylation is 2. The topological polar surface area (TPSA) is 105 Å². The molecule has 0 spiro atoms. The molecule has 0 heterocycles. The Bertz CT molecular complexity index is 1590. The quantitative estimate of drug-likeness (QED) is 0.240. The molecule has 44 heavy (non-hydrogen) atoms. The Balaban J connectivity index is 2.11. The maximum absolute atomic E-state index is 14.3. The zero-order chi connectivity index (χ0) is 32.8. The van der Waals surface area contributed by atoms with E-state index in [-0.39, 0.29) is 29.0 Å². The number of hydrogen-bond acceptors (Lipinski definition) is 6. The number of nitrogens with one attached hydrogen (secondary N) is 1. The van der Waals surface area contributed by atoms with E-state index in [1.165, 1.54) is 37.3 Å². The zero-order valence-corrected chi connectivity index (χ0v) is 28.3. The minimum absolute atomic E-state index is 0.0534. The van der Waals surface area contributed by atoms with Crippen molar-refractivity contribution in [3.8, 4) is 11.5 Å². The van der Waals surface area contributed by atoms with Crippen molar-refractivity contribution in [3.63, 3.8) is 0 Å². The van der Waals surface area contributed by atoms with Crippen molar-refractivity contribution in [2.45, 2.75) is 52.1 Å². The number of rotatable bonds is 13. The van der Waals surface area contributed by atoms with Gasteiger partial charge in [0, 0.05) is 29.2 Å². The zero-order valence-electron chi connectivity index (χ0n) is 26.0. The van der Waals surface area contributed by atoms with Crippen LogP contribution >= 0.6 is 23.2 Å². The van der Waals surface area contributed by atoms with E-state index in [0.717, 1.165) is 15.4 Å². The molecule has 0 aliphatic rings. The van der Waals surface area contributed by atoms with Crippen molar-refractivity contribution >= 4 is 50.7 Å². The van der Waals surface area contributed by atoms with Crippen LogP contribution in [0.1, 0.15) is 37.5 Å². The van der Waals surface area contributed by atoms with E-state index in [4.69, 9.17) is 32.7 Å². The number of carbonyl (C=O) groups excluding carboxylic acids is 2. The Morgan fingerprint density at radius 3 is 2.09 bits per heavy atom. The Hall–Kier alpha value is -3.47. The Morgan fingerprint density at radius 2 is 1.52 bits per heavy atom. The van der Waals surface area contributed by atoms with Gasteiger partial charge in [-0.15, -0.1) is 0 Å². The van der Waals surface area contributed by atoms with Crippen molar-refractivity contribution in [2.75, 3.05) is 31.6 Å². The molecule has 0 saturated heterocycles. The number of ether oxygens (including phenoxy) is 2. The molecule has 0 saturated carbocycles. The van der Waals surface area contributed by atoms with Crippen LogP contribution in [0, 0.1) is 19.8 Å². The Labute approximate surface area is 270 Å². The number of nitrogens with zero attached hydrogens (tertiary/aromatic N) is 2. The van der Waals surface area contributed by atoms with Crippen LogP contribution < -0.4 is 19.1 Å². The lowest BCUT2D eigenvalue weighted by molar-refractivity contribution is -0.139. The number of hydrogen-bond donors (Lipinski definition) is 1. The lowest BCUT2D eigenvalue weighted by atomic mass is 10.1. The summed E-state index contributed by atoms with van der Waals surface area (Å²) in [5, 5.41) is 3.59. The summed E-state index contributed by atoms with van der Waals surface area (Å²) in [6.07, 6.45) is 0. The maximum atomic E-state index is 14.3. The van der Waals surface area contributed by atoms with Crippen LogP contribution in [-0.4, -0.2) is 58.5 Å². The second kappa shape index (κ2) is 15.0. The van der Waals surface area contributed by atoms with Gasteiger partial charge in [-0.05, 0) is 79.8 Å². The summed E-state index contributed by atoms with van der Waals surface area (Å²) >= 11 is 12.5. The minimum atomic E-state index is -4.32. The van der Waals surface area contributed by atoms with Gasteiger partial charge in [-0.2, -0.15) is 0 Å². The van der Waals surface area contributed by atoms with Crippen molar-refractivity contribution in [2.24, 2.45) is 5.92 Å². The van der Waals surface area contributed by atoms with Crippen molar-refractivity contribution < 1.29 is 27.5 Å². The van der Waals surface area contributed by atoms with Crippen LogP contribution in [0.5, 0.6) is 11.5 Å². The summed E-state index contributed by atoms with van der Waals surface area (Å²) in [4.78, 5) is 28.6. The van der Waals surface area contributed by atoms with E-state index in [0.29, 0.717) is 33.6 Å². The SMILES string of the molecule is COc1ccc(S(=O)(=O)N(CC(=O)N(Cc2ccc(Cl)cc2Cl)C(C)C(=O)NCC(C)C)c2cc(C)cc(C)c2)cc1OC. The molecule has 0 aromatic heterocycles. The second-order valence-electron chi connectivity index (χ2n) is 10.9. The third kappa shape index (κ3) is 8.58. The molecule has 3 aromatic carbocycles. The Morgan fingerprint density at radius 1 is 0.886 bits per heavy atom. The highest BCUT2D eigenvalue weighted by atomic mass is 35.5. The molecule has 0 bridgehead atoms. The van der Waals surface area contributed by atoms with Gasteiger partial charge in [0.15, 0.2) is 11.5 Å². The molecule has 12 heteroatoms. The van der Waals surface area contributed by atoms with Crippen LogP contribution in [0.2, 0.25) is 10.0 Å². The van der Waals surface area contributed by atoms with Crippen molar-refractivity contribution in [3.05, 3.63) is 81.3 Å². The molecule has 1 atom stereocenters. The van der Waals surface area contributed by atoms with E-state index in [1.807, 2.05) is 33.8 Å². The average molecular weight is 665 g/mol. The van der Waals surface area contributed by atoms with Gasteiger partial charge in [-0.25, -0.2) is 8.42 Å². The number of amides is 2. The fourth-order valence-electron chi connectivity index (χ4n) is 4.60. The molecule has 2 amide bonds. The van der Waals surface area contributed by atoms with Crippen molar-refractivity contribution in [1.29, 1.82) is 0 Å². The molecule has 0 aliphatic carbocycles. The second-order valence-corrected chi connectivity index (χ2v) is 13.7. The van der Waals surface area contributed by atoms with Gasteiger partial charge in [0.1, 0.15) is 12.6 Å². The van der Waals surface area contributed by atoms with Crippen LogP contribution in [0.3, 0.4) is 0 Å². The van der Waals surface area contributed by atoms with Crippen LogP contribution in [0.15, 0.2) is 59.5 Å². The standard InChI is InChI=1S/C32H39Cl2N3O6S/c1-20(2)17-35-32(39)23(5)36(18-24-8-9-25(33)15-28(24)34)31(38)19-37(26-13-21(3)12-22(4)14-26)44(40,41)27-10-11-29(42-6)30(16-27)43-7/h8-16,20,23H,17-19H2,1-7H3,(H,35,39). The number of benzene rings is 3. The first-order valence-corrected chi connectivity index (χ1v) is 16.2. The molecule has 238 valence electrons. The largest absolute Gasteiger partial charge is 0.493 e. The number of sulfonamides is 1. The molecule has 1 N–H and O–H groups in total. The lowest BCUT2D eigenvalue weighted by Crippen LogP contribution is -2.51. The van der Waals surface area contributed by atoms with Gasteiger partial charge in [0.2, 0.25) is 11.8 Å². The summed E-state index contributed by atoms with van der Waals surface area (Å²) in [7, 11) is -1.46. The van der Waals surface area contributed by atoms with Gasteiger partial charge in [0.05, 0.1) is 24.8 Å². The molecule has 0 aliphatic heterocycles. The highest BCUT2D eigenvalue weighted by molar-refractivity contribution is 7.92. The van der Waals surface area contributed by atoms with E-state index in [1.54, 1.807) is 37.3 Å². The normalized spacial score (nSPS) is 12.0. The van der Waals surface area contributed by atoms with E-state index >= 15 is 0 Å². The van der Waals surface area contributed by atoms with Crippen LogP contribution in [-0.2, 0) is 26.2 Å². The summed E-state index contributed by atoms with van der Waals surface area (Å²) in [5.74, 6) is -0.223. The minimum Gasteiger partial charge on any atom is -0.493 e. The number of anilines is 1. The van der Waals surface area contributed by atoms with Crippen LogP contribution in [0.25, 0.3) is 0 Å². The first-order valence-electron chi connectivity index (χ1n) is 14.0. The summed E-state index contributed by atoms with van der Waals surface area (Å²) in [6.45, 7) is 8.97. The van der Waals surface area contributed by atoms with E-state index in [2.05, 4.69) is 5.32 Å². The summed E-state index contributed by atoms with van der Waals surface area (Å²) < 4.78 is 40.2. The monoisotopic (exact) mass is 663 g/mol. The van der Waals surface area contributed by atoms with Gasteiger partial charge in [-0.3, -0.25) is 13.9 Å². The van der Waals surface area contributed by atoms with Gasteiger partial charge < -0.3 is 19.7 Å². The highest BCUT2D eigenvalue weighted by Crippen LogP contribution is 2.33. The first-order chi connectivity index (χ1) is 20.7. The molecule has 3 rings (SSSR count). The molecular weight excluding hydrogens is 625 g/mol. The Kier molecular flexibility index (Phi) is 11.9. The van der Waals surface area contributed by atoms with Crippen molar-refractivity contribution in [1.82, 2.24) is 10.2 Å². The predicted molar refractivity (Wildman–Crippen MR) is 174 cm³/mol. The maximum Gasteiger partial charge on any atom is 0.264 e. The predicted octanol–water partition coefficient (Wildman–Crippen LogP) is 6.01. The number of halogens is 2. The molecule has 9 nitrogen and oxygen atoms in total. The third-order valence-electron chi connectivity index (χ3n) is 6.92. The van der Waals surface area contributed by atoms with E-state index in [9.17, 15) is 18.0 Å². The molecule has 1 unspecified atom stereocenters. The average Bonchev–Trinajstić information content (AvgIpc) is 2.96. The van der Waals surface area contributed by atoms with Gasteiger partial charge in [0.25, 0.3) is 10.0 Å².